The van der Waals surface area contributed by atoms with Crippen molar-refractivity contribution in [3.05, 3.63) is 36.5 Å². The molecule has 2 heterocycles. The van der Waals surface area contributed by atoms with Crippen LogP contribution in [0.3, 0.4) is 0 Å². The van der Waals surface area contributed by atoms with E-state index in [0.29, 0.717) is 11.4 Å². The number of carbonyl (C=O) groups excluding carboxylic acids is 1. The van der Waals surface area contributed by atoms with E-state index in [4.69, 9.17) is 5.11 Å². The molecule has 0 aliphatic rings. The fourth-order valence-corrected chi connectivity index (χ4v) is 1.61. The van der Waals surface area contributed by atoms with E-state index in [-0.39, 0.29) is 5.91 Å². The molecule has 8 heteroatoms. The number of pyridine rings is 1. The Bertz CT molecular complexity index is 624. The van der Waals surface area contributed by atoms with Crippen LogP contribution in [-0.4, -0.2) is 42.8 Å². The number of aliphatic carboxylic acids is 1. The lowest BCUT2D eigenvalue weighted by molar-refractivity contribution is -0.141. The van der Waals surface area contributed by atoms with Crippen molar-refractivity contribution in [2.45, 2.75) is 19.9 Å². The van der Waals surface area contributed by atoms with Crippen molar-refractivity contribution in [2.75, 3.05) is 0 Å². The number of amides is 1. The molecule has 0 fully saturated rings. The smallest absolute Gasteiger partial charge is 0.308 e. The van der Waals surface area contributed by atoms with E-state index >= 15 is 0 Å². The van der Waals surface area contributed by atoms with Gasteiger partial charge in [0.05, 0.1) is 11.5 Å². The second-order valence-electron chi connectivity index (χ2n) is 4.63. The van der Waals surface area contributed by atoms with Crippen LogP contribution in [0.2, 0.25) is 0 Å². The van der Waals surface area contributed by atoms with E-state index in [1.54, 1.807) is 26.0 Å². The Balaban J connectivity index is 2.05. The topological polar surface area (TPSA) is 110 Å². The number of nitrogens with zero attached hydrogens (tertiary/aromatic N) is 4. The van der Waals surface area contributed by atoms with Crippen LogP contribution in [0, 0.1) is 5.92 Å². The molecule has 0 saturated carbocycles. The lowest BCUT2D eigenvalue weighted by Gasteiger charge is -2.17. The van der Waals surface area contributed by atoms with E-state index in [2.05, 4.69) is 20.4 Å². The molecule has 2 rings (SSSR count). The Labute approximate surface area is 120 Å². The first-order valence-electron chi connectivity index (χ1n) is 6.33. The largest absolute Gasteiger partial charge is 0.481 e. The molecule has 2 aromatic rings. The molecule has 110 valence electrons. The highest BCUT2D eigenvalue weighted by Crippen LogP contribution is 2.07. The number of aromatic nitrogens is 4. The maximum absolute atomic E-state index is 12.0. The Morgan fingerprint density at radius 2 is 2.10 bits per heavy atom. The van der Waals surface area contributed by atoms with Crippen LogP contribution in [0.25, 0.3) is 5.82 Å². The van der Waals surface area contributed by atoms with Crippen LogP contribution in [0.15, 0.2) is 31.0 Å². The average Bonchev–Trinajstić information content (AvgIpc) is 3.00. The van der Waals surface area contributed by atoms with Gasteiger partial charge in [-0.1, -0.05) is 0 Å². The summed E-state index contributed by atoms with van der Waals surface area (Å²) in [6.07, 6.45) is 4.29. The van der Waals surface area contributed by atoms with E-state index in [1.165, 1.54) is 23.5 Å². The molecule has 2 unspecified atom stereocenters. The van der Waals surface area contributed by atoms with E-state index < -0.39 is 17.9 Å². The van der Waals surface area contributed by atoms with Gasteiger partial charge in [0.15, 0.2) is 5.82 Å². The van der Waals surface area contributed by atoms with Gasteiger partial charge >= 0.3 is 5.97 Å². The number of hydrogen-bond acceptors (Lipinski definition) is 5. The van der Waals surface area contributed by atoms with E-state index in [1.807, 2.05) is 0 Å². The lowest BCUT2D eigenvalue weighted by atomic mass is 10.0. The monoisotopic (exact) mass is 289 g/mol. The summed E-state index contributed by atoms with van der Waals surface area (Å²) < 4.78 is 1.47. The highest BCUT2D eigenvalue weighted by Gasteiger charge is 2.21. The van der Waals surface area contributed by atoms with Gasteiger partial charge in [0.2, 0.25) is 0 Å². The minimum Gasteiger partial charge on any atom is -0.481 e. The number of carbonyl (C=O) groups is 2. The third-order valence-electron chi connectivity index (χ3n) is 3.16. The third-order valence-corrected chi connectivity index (χ3v) is 3.16. The molecule has 2 aromatic heterocycles. The van der Waals surface area contributed by atoms with Crippen LogP contribution < -0.4 is 5.32 Å². The van der Waals surface area contributed by atoms with Crippen LogP contribution in [0.5, 0.6) is 0 Å². The molecule has 0 aliphatic heterocycles. The average molecular weight is 289 g/mol. The molecule has 0 bridgehead atoms. The molecule has 2 atom stereocenters. The first kappa shape index (κ1) is 14.6. The number of nitrogens with one attached hydrogen (secondary N) is 1. The van der Waals surface area contributed by atoms with Gasteiger partial charge in [0.25, 0.3) is 5.91 Å². The SMILES string of the molecule is CC(NC(=O)c1ccc(-n2cncn2)nc1)C(C)C(=O)O. The van der Waals surface area contributed by atoms with Gasteiger partial charge in [-0.25, -0.2) is 14.6 Å². The molecule has 0 saturated heterocycles. The molecule has 0 spiro atoms. The molecule has 0 radical (unpaired) electrons. The van der Waals surface area contributed by atoms with Gasteiger partial charge in [-0.15, -0.1) is 0 Å². The van der Waals surface area contributed by atoms with Crippen molar-refractivity contribution < 1.29 is 14.7 Å². The molecular formula is C13H15N5O3. The molecule has 1 amide bonds. The summed E-state index contributed by atoms with van der Waals surface area (Å²) in [7, 11) is 0. The summed E-state index contributed by atoms with van der Waals surface area (Å²) in [5, 5.41) is 15.5. The minimum atomic E-state index is -0.956. The fourth-order valence-electron chi connectivity index (χ4n) is 1.61. The minimum absolute atomic E-state index is 0.350. The Hall–Kier alpha value is -2.77. The zero-order chi connectivity index (χ0) is 15.4. The zero-order valence-corrected chi connectivity index (χ0v) is 11.6. The Morgan fingerprint density at radius 3 is 2.62 bits per heavy atom. The van der Waals surface area contributed by atoms with E-state index in [9.17, 15) is 9.59 Å². The maximum Gasteiger partial charge on any atom is 0.308 e. The quantitative estimate of drug-likeness (QED) is 0.829. The summed E-state index contributed by atoms with van der Waals surface area (Å²) in [6, 6.07) is 2.75. The van der Waals surface area contributed by atoms with Crippen molar-refractivity contribution in [3.8, 4) is 5.82 Å². The summed E-state index contributed by atoms with van der Waals surface area (Å²) in [6.45, 7) is 3.19. The molecule has 0 aliphatic carbocycles. The molecule has 8 nitrogen and oxygen atoms in total. The first-order valence-corrected chi connectivity index (χ1v) is 6.33. The second-order valence-corrected chi connectivity index (χ2v) is 4.63. The van der Waals surface area contributed by atoms with Crippen molar-refractivity contribution in [1.82, 2.24) is 25.1 Å². The number of carboxylic acids is 1. The van der Waals surface area contributed by atoms with Gasteiger partial charge in [0.1, 0.15) is 12.7 Å². The number of hydrogen-bond donors (Lipinski definition) is 2. The van der Waals surface area contributed by atoms with Gasteiger partial charge in [-0.05, 0) is 26.0 Å². The van der Waals surface area contributed by atoms with Crippen LogP contribution in [-0.2, 0) is 4.79 Å². The van der Waals surface area contributed by atoms with Gasteiger partial charge < -0.3 is 10.4 Å². The van der Waals surface area contributed by atoms with Gasteiger partial charge in [-0.2, -0.15) is 5.10 Å². The van der Waals surface area contributed by atoms with Crippen molar-refractivity contribution in [3.63, 3.8) is 0 Å². The summed E-state index contributed by atoms with van der Waals surface area (Å²) in [5.41, 5.74) is 0.350. The van der Waals surface area contributed by atoms with Gasteiger partial charge in [-0.3, -0.25) is 9.59 Å². The predicted octanol–water partition coefficient (Wildman–Crippen LogP) is 0.501. The van der Waals surface area contributed by atoms with Crippen LogP contribution in [0.1, 0.15) is 24.2 Å². The van der Waals surface area contributed by atoms with Crippen molar-refractivity contribution in [2.24, 2.45) is 5.92 Å². The predicted molar refractivity (Wildman–Crippen MR) is 72.9 cm³/mol. The highest BCUT2D eigenvalue weighted by atomic mass is 16.4. The summed E-state index contributed by atoms with van der Waals surface area (Å²) >= 11 is 0. The molecule has 0 aromatic carbocycles. The van der Waals surface area contributed by atoms with E-state index in [0.717, 1.165) is 0 Å². The van der Waals surface area contributed by atoms with Crippen molar-refractivity contribution >= 4 is 11.9 Å². The summed E-state index contributed by atoms with van der Waals surface area (Å²) in [5.74, 6) is -1.46. The first-order chi connectivity index (χ1) is 9.99. The zero-order valence-electron chi connectivity index (χ0n) is 11.6. The number of carboxylic acid groups (broad SMARTS) is 1. The van der Waals surface area contributed by atoms with Crippen LogP contribution in [0.4, 0.5) is 0 Å². The standard InChI is InChI=1S/C13H15N5O3/c1-8(13(20)21)9(2)17-12(19)10-3-4-11(15-5-10)18-7-14-6-16-18/h3-9H,1-2H3,(H,17,19)(H,20,21). The molecule has 21 heavy (non-hydrogen) atoms. The van der Waals surface area contributed by atoms with Crippen molar-refractivity contribution in [1.29, 1.82) is 0 Å². The molecular weight excluding hydrogens is 274 g/mol. The maximum atomic E-state index is 12.0. The lowest BCUT2D eigenvalue weighted by Crippen LogP contribution is -2.40. The van der Waals surface area contributed by atoms with Gasteiger partial charge in [0, 0.05) is 12.2 Å². The second kappa shape index (κ2) is 6.12. The summed E-state index contributed by atoms with van der Waals surface area (Å²) in [4.78, 5) is 30.8. The Kier molecular flexibility index (Phi) is 4.27. The normalized spacial score (nSPS) is 13.4. The molecule has 2 N–H and O–H groups in total. The van der Waals surface area contributed by atoms with Crippen LogP contribution >= 0.6 is 0 Å². The third kappa shape index (κ3) is 3.41. The Morgan fingerprint density at radius 1 is 1.33 bits per heavy atom. The fraction of sp³-hybridized carbons (Fsp3) is 0.308. The number of rotatable bonds is 5. The highest BCUT2D eigenvalue weighted by molar-refractivity contribution is 5.94.